The van der Waals surface area contributed by atoms with Gasteiger partial charge in [0.05, 0.1) is 6.10 Å². The lowest BCUT2D eigenvalue weighted by atomic mass is 9.85. The summed E-state index contributed by atoms with van der Waals surface area (Å²) in [6.07, 6.45) is 7.37. The summed E-state index contributed by atoms with van der Waals surface area (Å²) in [4.78, 5) is 0. The van der Waals surface area contributed by atoms with Gasteiger partial charge >= 0.3 is 0 Å². The fourth-order valence-corrected chi connectivity index (χ4v) is 2.89. The van der Waals surface area contributed by atoms with E-state index in [2.05, 4.69) is 26.1 Å². The van der Waals surface area contributed by atoms with Gasteiger partial charge in [-0.05, 0) is 24.7 Å². The number of nitrogens with one attached hydrogen (secondary N) is 1. The molecular formula is C14H29NO. The minimum Gasteiger partial charge on any atom is -0.392 e. The van der Waals surface area contributed by atoms with Gasteiger partial charge in [-0.3, -0.25) is 0 Å². The molecule has 1 fully saturated rings. The van der Waals surface area contributed by atoms with Crippen molar-refractivity contribution in [1.82, 2.24) is 5.32 Å². The van der Waals surface area contributed by atoms with E-state index in [4.69, 9.17) is 0 Å². The Bertz CT molecular complexity index is 180. The van der Waals surface area contributed by atoms with Crippen molar-refractivity contribution < 1.29 is 5.11 Å². The van der Waals surface area contributed by atoms with Crippen LogP contribution in [0.5, 0.6) is 0 Å². The standard InChI is InChI=1S/C14H29NO/c1-4-12(5-2)14(16)10-15-13-9-7-6-8-11(13)3/h11-16H,4-10H2,1-3H3. The first kappa shape index (κ1) is 14.0. The third-order valence-corrected chi connectivity index (χ3v) is 4.29. The molecule has 0 heterocycles. The zero-order valence-corrected chi connectivity index (χ0v) is 11.2. The summed E-state index contributed by atoms with van der Waals surface area (Å²) < 4.78 is 0. The highest BCUT2D eigenvalue weighted by Gasteiger charge is 2.22. The van der Waals surface area contributed by atoms with Gasteiger partial charge in [-0.25, -0.2) is 0 Å². The number of aliphatic hydroxyl groups excluding tert-OH is 1. The third kappa shape index (κ3) is 4.06. The first-order valence-corrected chi connectivity index (χ1v) is 7.10. The van der Waals surface area contributed by atoms with E-state index in [0.717, 1.165) is 25.3 Å². The first-order valence-electron chi connectivity index (χ1n) is 7.10. The van der Waals surface area contributed by atoms with Crippen LogP contribution < -0.4 is 5.32 Å². The fraction of sp³-hybridized carbons (Fsp3) is 1.00. The maximum Gasteiger partial charge on any atom is 0.0692 e. The van der Waals surface area contributed by atoms with Gasteiger partial charge in [-0.2, -0.15) is 0 Å². The van der Waals surface area contributed by atoms with Crippen molar-refractivity contribution in [2.45, 2.75) is 71.4 Å². The predicted molar refractivity (Wildman–Crippen MR) is 69.5 cm³/mol. The molecule has 0 aromatic rings. The summed E-state index contributed by atoms with van der Waals surface area (Å²) >= 11 is 0. The summed E-state index contributed by atoms with van der Waals surface area (Å²) in [6, 6.07) is 0.637. The van der Waals surface area contributed by atoms with E-state index in [0.29, 0.717) is 12.0 Å². The Kier molecular flexibility index (Phi) is 6.37. The average Bonchev–Trinajstić information content (AvgIpc) is 2.29. The van der Waals surface area contributed by atoms with E-state index in [-0.39, 0.29) is 6.10 Å². The molecule has 1 aliphatic rings. The third-order valence-electron chi connectivity index (χ3n) is 4.29. The Balaban J connectivity index is 2.26. The molecule has 0 saturated heterocycles. The van der Waals surface area contributed by atoms with E-state index >= 15 is 0 Å². The van der Waals surface area contributed by atoms with Gasteiger partial charge in [0, 0.05) is 12.6 Å². The fourth-order valence-electron chi connectivity index (χ4n) is 2.89. The highest BCUT2D eigenvalue weighted by molar-refractivity contribution is 4.80. The van der Waals surface area contributed by atoms with Crippen LogP contribution >= 0.6 is 0 Å². The molecule has 0 spiro atoms. The Morgan fingerprint density at radius 3 is 2.38 bits per heavy atom. The Morgan fingerprint density at radius 2 is 1.81 bits per heavy atom. The lowest BCUT2D eigenvalue weighted by Crippen LogP contribution is -2.43. The van der Waals surface area contributed by atoms with E-state index < -0.39 is 0 Å². The molecule has 0 aromatic carbocycles. The monoisotopic (exact) mass is 227 g/mol. The number of rotatable bonds is 6. The van der Waals surface area contributed by atoms with E-state index in [9.17, 15) is 5.11 Å². The molecule has 3 unspecified atom stereocenters. The van der Waals surface area contributed by atoms with Gasteiger partial charge in [-0.1, -0.05) is 46.5 Å². The van der Waals surface area contributed by atoms with Crippen LogP contribution in [-0.2, 0) is 0 Å². The van der Waals surface area contributed by atoms with Crippen LogP contribution in [0.4, 0.5) is 0 Å². The minimum absolute atomic E-state index is 0.163. The molecule has 2 heteroatoms. The average molecular weight is 227 g/mol. The van der Waals surface area contributed by atoms with Gasteiger partial charge in [0.25, 0.3) is 0 Å². The summed E-state index contributed by atoms with van der Waals surface area (Å²) in [7, 11) is 0. The predicted octanol–water partition coefficient (Wildman–Crippen LogP) is 2.95. The van der Waals surface area contributed by atoms with Gasteiger partial charge in [0.1, 0.15) is 0 Å². The zero-order chi connectivity index (χ0) is 12.0. The van der Waals surface area contributed by atoms with Crippen molar-refractivity contribution >= 4 is 0 Å². The summed E-state index contributed by atoms with van der Waals surface area (Å²) in [5.41, 5.74) is 0. The second-order valence-corrected chi connectivity index (χ2v) is 5.42. The maximum absolute atomic E-state index is 10.1. The largest absolute Gasteiger partial charge is 0.392 e. The second-order valence-electron chi connectivity index (χ2n) is 5.42. The van der Waals surface area contributed by atoms with Crippen LogP contribution in [0.25, 0.3) is 0 Å². The van der Waals surface area contributed by atoms with Crippen LogP contribution in [0.15, 0.2) is 0 Å². The second kappa shape index (κ2) is 7.29. The van der Waals surface area contributed by atoms with Crippen molar-refractivity contribution in [2.24, 2.45) is 11.8 Å². The lowest BCUT2D eigenvalue weighted by Gasteiger charge is -2.31. The van der Waals surface area contributed by atoms with E-state index in [1.807, 2.05) is 0 Å². The molecule has 2 N–H and O–H groups in total. The molecule has 96 valence electrons. The van der Waals surface area contributed by atoms with E-state index in [1.54, 1.807) is 0 Å². The smallest absolute Gasteiger partial charge is 0.0692 e. The normalized spacial score (nSPS) is 28.3. The van der Waals surface area contributed by atoms with Gasteiger partial charge < -0.3 is 10.4 Å². The molecule has 0 aliphatic heterocycles. The molecule has 0 bridgehead atoms. The topological polar surface area (TPSA) is 32.3 Å². The molecule has 3 atom stereocenters. The molecule has 1 aliphatic carbocycles. The Morgan fingerprint density at radius 1 is 1.19 bits per heavy atom. The van der Waals surface area contributed by atoms with Crippen molar-refractivity contribution in [3.63, 3.8) is 0 Å². The van der Waals surface area contributed by atoms with Crippen LogP contribution in [-0.4, -0.2) is 23.8 Å². The molecule has 0 amide bonds. The zero-order valence-electron chi connectivity index (χ0n) is 11.2. The highest BCUT2D eigenvalue weighted by Crippen LogP contribution is 2.24. The molecule has 1 saturated carbocycles. The molecule has 1 rings (SSSR count). The van der Waals surface area contributed by atoms with Gasteiger partial charge in [-0.15, -0.1) is 0 Å². The lowest BCUT2D eigenvalue weighted by molar-refractivity contribution is 0.0929. The molecule has 0 aromatic heterocycles. The summed E-state index contributed by atoms with van der Waals surface area (Å²) in [6.45, 7) is 7.45. The van der Waals surface area contributed by atoms with Crippen molar-refractivity contribution in [2.75, 3.05) is 6.54 Å². The van der Waals surface area contributed by atoms with Crippen LogP contribution in [0, 0.1) is 11.8 Å². The van der Waals surface area contributed by atoms with Gasteiger partial charge in [0.15, 0.2) is 0 Å². The van der Waals surface area contributed by atoms with E-state index in [1.165, 1.54) is 25.7 Å². The number of hydrogen-bond acceptors (Lipinski definition) is 2. The minimum atomic E-state index is -0.163. The van der Waals surface area contributed by atoms with Crippen molar-refractivity contribution in [3.05, 3.63) is 0 Å². The summed E-state index contributed by atoms with van der Waals surface area (Å²) in [5, 5.41) is 13.6. The SMILES string of the molecule is CCC(CC)C(O)CNC1CCCCC1C. The number of aliphatic hydroxyl groups is 1. The van der Waals surface area contributed by atoms with Crippen molar-refractivity contribution in [3.8, 4) is 0 Å². The van der Waals surface area contributed by atoms with Crippen LogP contribution in [0.1, 0.15) is 59.3 Å². The molecule has 0 radical (unpaired) electrons. The van der Waals surface area contributed by atoms with Gasteiger partial charge in [0.2, 0.25) is 0 Å². The van der Waals surface area contributed by atoms with Crippen molar-refractivity contribution in [1.29, 1.82) is 0 Å². The van der Waals surface area contributed by atoms with Crippen LogP contribution in [0.2, 0.25) is 0 Å². The highest BCUT2D eigenvalue weighted by atomic mass is 16.3. The molecular weight excluding hydrogens is 198 g/mol. The van der Waals surface area contributed by atoms with Crippen LogP contribution in [0.3, 0.4) is 0 Å². The maximum atomic E-state index is 10.1. The molecule has 2 nitrogen and oxygen atoms in total. The first-order chi connectivity index (χ1) is 7.69. The number of hydrogen-bond donors (Lipinski definition) is 2. The Hall–Kier alpha value is -0.0800. The summed E-state index contributed by atoms with van der Waals surface area (Å²) in [5.74, 6) is 1.24. The quantitative estimate of drug-likeness (QED) is 0.731. The molecule has 16 heavy (non-hydrogen) atoms. The Labute approximate surface area is 101 Å².